The first-order valence-corrected chi connectivity index (χ1v) is 9.33. The smallest absolute Gasteiger partial charge is 0.341 e. The van der Waals surface area contributed by atoms with Crippen molar-refractivity contribution in [1.29, 1.82) is 0 Å². The maximum absolute atomic E-state index is 12.2. The zero-order valence-corrected chi connectivity index (χ0v) is 16.1. The first-order valence-electron chi connectivity index (χ1n) is 8.52. The fraction of sp³-hybridized carbons (Fsp3) is 0.316. The van der Waals surface area contributed by atoms with Gasteiger partial charge in [0.2, 0.25) is 5.91 Å². The van der Waals surface area contributed by atoms with Crippen molar-refractivity contribution in [2.45, 2.75) is 26.7 Å². The van der Waals surface area contributed by atoms with Crippen molar-refractivity contribution >= 4 is 34.1 Å². The molecule has 7 nitrogen and oxygen atoms in total. The second kappa shape index (κ2) is 9.72. The summed E-state index contributed by atoms with van der Waals surface area (Å²) in [6.07, 6.45) is 0.709. The zero-order chi connectivity index (χ0) is 19.8. The standard InChI is InChI=1S/C19H22N2O5S/c1-3-25-19(24)15-12(2)16(17(20)23)27-18(15)21-14(22)10-7-11-26-13-8-5-4-6-9-13/h4-6,8-9H,3,7,10-11H2,1-2H3,(H2,20,23)(H,21,22). The topological polar surface area (TPSA) is 108 Å². The summed E-state index contributed by atoms with van der Waals surface area (Å²) >= 11 is 0.974. The van der Waals surface area contributed by atoms with Crippen molar-refractivity contribution in [2.75, 3.05) is 18.5 Å². The largest absolute Gasteiger partial charge is 0.494 e. The summed E-state index contributed by atoms with van der Waals surface area (Å²) in [7, 11) is 0. The number of thiophene rings is 1. The van der Waals surface area contributed by atoms with Crippen molar-refractivity contribution in [3.8, 4) is 5.75 Å². The van der Waals surface area contributed by atoms with Crippen LogP contribution in [0, 0.1) is 6.92 Å². The predicted octanol–water partition coefficient (Wildman–Crippen LogP) is 3.13. The molecular formula is C19H22N2O5S. The summed E-state index contributed by atoms with van der Waals surface area (Å²) < 4.78 is 10.6. The number of nitrogens with two attached hydrogens (primary N) is 1. The fourth-order valence-electron chi connectivity index (χ4n) is 2.41. The lowest BCUT2D eigenvalue weighted by Gasteiger charge is -2.08. The molecule has 2 amide bonds. The molecule has 2 aromatic rings. The Bertz CT molecular complexity index is 817. The molecule has 0 spiro atoms. The molecule has 1 aromatic heterocycles. The van der Waals surface area contributed by atoms with Crippen LogP contribution < -0.4 is 15.8 Å². The molecule has 1 heterocycles. The number of carbonyl (C=O) groups is 3. The van der Waals surface area contributed by atoms with Crippen LogP contribution in [0.2, 0.25) is 0 Å². The molecule has 3 N–H and O–H groups in total. The monoisotopic (exact) mass is 390 g/mol. The third kappa shape index (κ3) is 5.55. The highest BCUT2D eigenvalue weighted by molar-refractivity contribution is 7.18. The second-order valence-corrected chi connectivity index (χ2v) is 6.68. The summed E-state index contributed by atoms with van der Waals surface area (Å²) in [5.74, 6) is -0.793. The van der Waals surface area contributed by atoms with Crippen molar-refractivity contribution in [2.24, 2.45) is 5.73 Å². The van der Waals surface area contributed by atoms with Gasteiger partial charge in [-0.25, -0.2) is 4.79 Å². The van der Waals surface area contributed by atoms with E-state index in [1.54, 1.807) is 13.8 Å². The normalized spacial score (nSPS) is 10.3. The van der Waals surface area contributed by atoms with Gasteiger partial charge in [-0.2, -0.15) is 0 Å². The van der Waals surface area contributed by atoms with E-state index in [1.165, 1.54) is 0 Å². The van der Waals surface area contributed by atoms with E-state index < -0.39 is 11.9 Å². The summed E-state index contributed by atoms with van der Waals surface area (Å²) in [5.41, 5.74) is 5.93. The number of carbonyl (C=O) groups excluding carboxylic acids is 3. The number of ether oxygens (including phenoxy) is 2. The lowest BCUT2D eigenvalue weighted by molar-refractivity contribution is -0.116. The number of hydrogen-bond acceptors (Lipinski definition) is 6. The molecule has 0 aliphatic carbocycles. The van der Waals surface area contributed by atoms with Crippen LogP contribution >= 0.6 is 11.3 Å². The van der Waals surface area contributed by atoms with E-state index in [2.05, 4.69) is 5.32 Å². The number of para-hydroxylation sites is 1. The van der Waals surface area contributed by atoms with E-state index in [0.717, 1.165) is 17.1 Å². The predicted molar refractivity (Wildman–Crippen MR) is 103 cm³/mol. The molecule has 27 heavy (non-hydrogen) atoms. The Hall–Kier alpha value is -2.87. The maximum Gasteiger partial charge on any atom is 0.341 e. The van der Waals surface area contributed by atoms with Gasteiger partial charge in [0.05, 0.1) is 23.7 Å². The third-order valence-corrected chi connectivity index (χ3v) is 4.88. The van der Waals surface area contributed by atoms with Gasteiger partial charge in [-0.05, 0) is 38.0 Å². The van der Waals surface area contributed by atoms with Crippen LogP contribution in [0.25, 0.3) is 0 Å². The van der Waals surface area contributed by atoms with Crippen molar-refractivity contribution in [3.63, 3.8) is 0 Å². The van der Waals surface area contributed by atoms with Crippen LogP contribution in [0.5, 0.6) is 5.75 Å². The Balaban J connectivity index is 1.98. The molecule has 0 saturated carbocycles. The van der Waals surface area contributed by atoms with E-state index in [1.807, 2.05) is 30.3 Å². The quantitative estimate of drug-likeness (QED) is 0.505. The van der Waals surface area contributed by atoms with Crippen LogP contribution in [-0.4, -0.2) is 31.0 Å². The number of primary amides is 1. The molecule has 0 unspecified atom stereocenters. The van der Waals surface area contributed by atoms with Gasteiger partial charge in [0.25, 0.3) is 5.91 Å². The van der Waals surface area contributed by atoms with E-state index >= 15 is 0 Å². The SMILES string of the molecule is CCOC(=O)c1c(NC(=O)CCCOc2ccccc2)sc(C(N)=O)c1C. The van der Waals surface area contributed by atoms with Crippen LogP contribution in [0.4, 0.5) is 5.00 Å². The first-order chi connectivity index (χ1) is 12.9. The van der Waals surface area contributed by atoms with Crippen molar-refractivity contribution in [1.82, 2.24) is 0 Å². The highest BCUT2D eigenvalue weighted by Gasteiger charge is 2.25. The molecule has 8 heteroatoms. The molecule has 1 aromatic carbocycles. The highest BCUT2D eigenvalue weighted by atomic mass is 32.1. The molecule has 0 bridgehead atoms. The minimum atomic E-state index is -0.653. The number of benzene rings is 1. The molecular weight excluding hydrogens is 368 g/mol. The fourth-order valence-corrected chi connectivity index (χ4v) is 3.48. The Kier molecular flexibility index (Phi) is 7.36. The van der Waals surface area contributed by atoms with Gasteiger partial charge < -0.3 is 20.5 Å². The summed E-state index contributed by atoms with van der Waals surface area (Å²) in [6.45, 7) is 3.86. The number of hydrogen-bond donors (Lipinski definition) is 2. The minimum Gasteiger partial charge on any atom is -0.494 e. The van der Waals surface area contributed by atoms with Gasteiger partial charge in [0, 0.05) is 6.42 Å². The number of esters is 1. The molecule has 0 saturated heterocycles. The van der Waals surface area contributed by atoms with E-state index in [4.69, 9.17) is 15.2 Å². The average molecular weight is 390 g/mol. The molecule has 144 valence electrons. The maximum atomic E-state index is 12.2. The van der Waals surface area contributed by atoms with E-state index in [0.29, 0.717) is 18.6 Å². The van der Waals surface area contributed by atoms with Gasteiger partial charge in [0.1, 0.15) is 10.8 Å². The van der Waals surface area contributed by atoms with Crippen LogP contribution in [0.15, 0.2) is 30.3 Å². The van der Waals surface area contributed by atoms with Gasteiger partial charge in [-0.15, -0.1) is 11.3 Å². The molecule has 2 rings (SSSR count). The third-order valence-electron chi connectivity index (χ3n) is 3.66. The summed E-state index contributed by atoms with van der Waals surface area (Å²) in [4.78, 5) is 36.2. The number of anilines is 1. The van der Waals surface area contributed by atoms with Gasteiger partial charge >= 0.3 is 5.97 Å². The average Bonchev–Trinajstić information content (AvgIpc) is 2.96. The highest BCUT2D eigenvalue weighted by Crippen LogP contribution is 2.33. The lowest BCUT2D eigenvalue weighted by Crippen LogP contribution is -2.15. The van der Waals surface area contributed by atoms with Gasteiger partial charge in [-0.3, -0.25) is 9.59 Å². The lowest BCUT2D eigenvalue weighted by atomic mass is 10.1. The first kappa shape index (κ1) is 20.4. The molecule has 0 radical (unpaired) electrons. The Labute approximate surface area is 161 Å². The van der Waals surface area contributed by atoms with Gasteiger partial charge in [0.15, 0.2) is 0 Å². The molecule has 0 aliphatic rings. The number of rotatable bonds is 9. The van der Waals surface area contributed by atoms with Crippen molar-refractivity contribution in [3.05, 3.63) is 46.3 Å². The van der Waals surface area contributed by atoms with Gasteiger partial charge in [-0.1, -0.05) is 18.2 Å². The van der Waals surface area contributed by atoms with E-state index in [9.17, 15) is 14.4 Å². The molecule has 0 aliphatic heterocycles. The zero-order valence-electron chi connectivity index (χ0n) is 15.2. The summed E-state index contributed by atoms with van der Waals surface area (Å²) in [6, 6.07) is 9.31. The van der Waals surface area contributed by atoms with Crippen LogP contribution in [0.1, 0.15) is 45.4 Å². The van der Waals surface area contributed by atoms with Crippen molar-refractivity contribution < 1.29 is 23.9 Å². The Morgan fingerprint density at radius 1 is 1.19 bits per heavy atom. The number of nitrogens with one attached hydrogen (secondary N) is 1. The Morgan fingerprint density at radius 3 is 2.52 bits per heavy atom. The Morgan fingerprint density at radius 2 is 1.89 bits per heavy atom. The van der Waals surface area contributed by atoms with Crippen LogP contribution in [0.3, 0.4) is 0 Å². The second-order valence-electron chi connectivity index (χ2n) is 5.66. The van der Waals surface area contributed by atoms with Crippen LogP contribution in [-0.2, 0) is 9.53 Å². The number of amides is 2. The molecule has 0 atom stereocenters. The summed E-state index contributed by atoms with van der Waals surface area (Å²) in [5, 5.41) is 2.95. The molecule has 0 fully saturated rings. The minimum absolute atomic E-state index is 0.171. The van der Waals surface area contributed by atoms with E-state index in [-0.39, 0.29) is 34.4 Å².